The normalized spacial score (nSPS) is 10.4. The van der Waals surface area contributed by atoms with E-state index in [1.807, 2.05) is 0 Å². The molecule has 0 heterocycles. The number of ether oxygens (including phenoxy) is 2. The molecule has 2 amide bonds. The van der Waals surface area contributed by atoms with Crippen molar-refractivity contribution >= 4 is 23.4 Å². The lowest BCUT2D eigenvalue weighted by molar-refractivity contribution is -0.0515. The third-order valence-corrected chi connectivity index (χ3v) is 3.70. The average molecular weight is 399 g/mol. The van der Waals surface area contributed by atoms with Gasteiger partial charge in [-0.2, -0.15) is 8.78 Å². The summed E-state index contributed by atoms with van der Waals surface area (Å²) in [7, 11) is 1.28. The van der Waals surface area contributed by atoms with Gasteiger partial charge in [0.25, 0.3) is 11.8 Å². The standard InChI is InChI=1S/C18H17ClF2N2O4/c1-26-14-4-2-3-13(15(14)27-18(20)21)17(25)23-10-9-22-16(24)11-5-7-12(19)8-6-11/h2-8,18H,9-10H2,1H3,(H,22,24)(H,23,25). The Morgan fingerprint density at radius 2 is 1.67 bits per heavy atom. The molecule has 0 saturated heterocycles. The van der Waals surface area contributed by atoms with Gasteiger partial charge in [0, 0.05) is 23.7 Å². The van der Waals surface area contributed by atoms with Gasteiger partial charge in [-0.05, 0) is 36.4 Å². The number of carbonyl (C=O) groups is 2. The summed E-state index contributed by atoms with van der Waals surface area (Å²) in [5.41, 5.74) is 0.324. The molecule has 0 aromatic heterocycles. The Balaban J connectivity index is 1.92. The Bertz CT molecular complexity index is 800. The summed E-state index contributed by atoms with van der Waals surface area (Å²) in [5, 5.41) is 5.66. The van der Waals surface area contributed by atoms with Crippen molar-refractivity contribution in [3.63, 3.8) is 0 Å². The lowest BCUT2D eigenvalue weighted by Crippen LogP contribution is -2.34. The Hall–Kier alpha value is -2.87. The number of alkyl halides is 2. The van der Waals surface area contributed by atoms with Crippen LogP contribution in [0, 0.1) is 0 Å². The van der Waals surface area contributed by atoms with Gasteiger partial charge >= 0.3 is 6.61 Å². The van der Waals surface area contributed by atoms with E-state index in [1.54, 1.807) is 24.3 Å². The van der Waals surface area contributed by atoms with Crippen LogP contribution >= 0.6 is 11.6 Å². The number of halogens is 3. The number of methoxy groups -OCH3 is 1. The maximum atomic E-state index is 12.6. The van der Waals surface area contributed by atoms with Gasteiger partial charge in [-0.1, -0.05) is 17.7 Å². The van der Waals surface area contributed by atoms with E-state index in [1.165, 1.54) is 25.3 Å². The molecular weight excluding hydrogens is 382 g/mol. The molecule has 2 N–H and O–H groups in total. The van der Waals surface area contributed by atoms with Crippen LogP contribution in [-0.4, -0.2) is 38.6 Å². The summed E-state index contributed by atoms with van der Waals surface area (Å²) in [6, 6.07) is 10.5. The maximum Gasteiger partial charge on any atom is 0.387 e. The average Bonchev–Trinajstić information content (AvgIpc) is 2.65. The Morgan fingerprint density at radius 3 is 2.26 bits per heavy atom. The number of para-hydroxylation sites is 1. The first kappa shape index (κ1) is 20.4. The molecule has 0 spiro atoms. The fraction of sp³-hybridized carbons (Fsp3) is 0.222. The number of hydrogen-bond donors (Lipinski definition) is 2. The first-order chi connectivity index (χ1) is 12.9. The molecule has 0 atom stereocenters. The molecule has 2 aromatic carbocycles. The third-order valence-electron chi connectivity index (χ3n) is 3.45. The molecule has 0 radical (unpaired) electrons. The quantitative estimate of drug-likeness (QED) is 0.670. The molecule has 0 aliphatic heterocycles. The van der Waals surface area contributed by atoms with Gasteiger partial charge < -0.3 is 20.1 Å². The van der Waals surface area contributed by atoms with Gasteiger partial charge in [-0.3, -0.25) is 9.59 Å². The number of nitrogens with one attached hydrogen (secondary N) is 2. The molecular formula is C18H17ClF2N2O4. The Kier molecular flexibility index (Phi) is 7.36. The van der Waals surface area contributed by atoms with Crippen molar-refractivity contribution in [2.75, 3.05) is 20.2 Å². The smallest absolute Gasteiger partial charge is 0.387 e. The van der Waals surface area contributed by atoms with Crippen LogP contribution in [0.1, 0.15) is 20.7 Å². The molecule has 0 aliphatic carbocycles. The van der Waals surface area contributed by atoms with Crippen molar-refractivity contribution in [2.45, 2.75) is 6.61 Å². The van der Waals surface area contributed by atoms with Gasteiger partial charge in [0.15, 0.2) is 11.5 Å². The first-order valence-electron chi connectivity index (χ1n) is 7.86. The maximum absolute atomic E-state index is 12.6. The van der Waals surface area contributed by atoms with Gasteiger partial charge in [-0.25, -0.2) is 0 Å². The summed E-state index contributed by atoms with van der Waals surface area (Å²) in [6.45, 7) is -2.88. The summed E-state index contributed by atoms with van der Waals surface area (Å²) in [6.07, 6.45) is 0. The number of carbonyl (C=O) groups excluding carboxylic acids is 2. The van der Waals surface area contributed by atoms with E-state index in [0.29, 0.717) is 10.6 Å². The number of rotatable bonds is 8. The molecule has 2 rings (SSSR count). The second-order valence-electron chi connectivity index (χ2n) is 5.23. The van der Waals surface area contributed by atoms with Crippen LogP contribution in [0.25, 0.3) is 0 Å². The summed E-state index contributed by atoms with van der Waals surface area (Å²) >= 11 is 5.76. The molecule has 2 aromatic rings. The minimum absolute atomic E-state index is 0.0130. The monoisotopic (exact) mass is 398 g/mol. The molecule has 144 valence electrons. The Labute approximate surface area is 159 Å². The third kappa shape index (κ3) is 5.82. The van der Waals surface area contributed by atoms with Crippen LogP contribution < -0.4 is 20.1 Å². The zero-order valence-corrected chi connectivity index (χ0v) is 15.1. The highest BCUT2D eigenvalue weighted by Gasteiger charge is 2.20. The second kappa shape index (κ2) is 9.72. The van der Waals surface area contributed by atoms with E-state index in [2.05, 4.69) is 15.4 Å². The van der Waals surface area contributed by atoms with Gasteiger partial charge in [0.05, 0.1) is 12.7 Å². The van der Waals surface area contributed by atoms with Crippen molar-refractivity contribution in [2.24, 2.45) is 0 Å². The van der Waals surface area contributed by atoms with E-state index in [4.69, 9.17) is 16.3 Å². The molecule has 6 nitrogen and oxygen atoms in total. The minimum Gasteiger partial charge on any atom is -0.493 e. The van der Waals surface area contributed by atoms with Crippen LogP contribution in [-0.2, 0) is 0 Å². The fourth-order valence-electron chi connectivity index (χ4n) is 2.22. The zero-order valence-electron chi connectivity index (χ0n) is 14.3. The van der Waals surface area contributed by atoms with E-state index in [9.17, 15) is 18.4 Å². The van der Waals surface area contributed by atoms with E-state index >= 15 is 0 Å². The predicted octanol–water partition coefficient (Wildman–Crippen LogP) is 3.11. The topological polar surface area (TPSA) is 76.7 Å². The van der Waals surface area contributed by atoms with E-state index in [-0.39, 0.29) is 36.1 Å². The van der Waals surface area contributed by atoms with Crippen LogP contribution in [0.3, 0.4) is 0 Å². The van der Waals surface area contributed by atoms with Crippen molar-refractivity contribution in [1.82, 2.24) is 10.6 Å². The molecule has 0 aliphatic rings. The summed E-state index contributed by atoms with van der Waals surface area (Å²) in [4.78, 5) is 24.2. The first-order valence-corrected chi connectivity index (χ1v) is 8.24. The molecule has 0 bridgehead atoms. The Morgan fingerprint density at radius 1 is 1.04 bits per heavy atom. The number of amides is 2. The molecule has 27 heavy (non-hydrogen) atoms. The molecule has 9 heteroatoms. The van der Waals surface area contributed by atoms with Crippen molar-refractivity contribution in [3.05, 3.63) is 58.6 Å². The van der Waals surface area contributed by atoms with Crippen molar-refractivity contribution in [3.8, 4) is 11.5 Å². The highest BCUT2D eigenvalue weighted by atomic mass is 35.5. The van der Waals surface area contributed by atoms with E-state index in [0.717, 1.165) is 0 Å². The van der Waals surface area contributed by atoms with Crippen LogP contribution in [0.15, 0.2) is 42.5 Å². The SMILES string of the molecule is COc1cccc(C(=O)NCCNC(=O)c2ccc(Cl)cc2)c1OC(F)F. The summed E-state index contributed by atoms with van der Waals surface area (Å²) in [5.74, 6) is -1.30. The van der Waals surface area contributed by atoms with Crippen molar-refractivity contribution < 1.29 is 27.8 Å². The van der Waals surface area contributed by atoms with E-state index < -0.39 is 12.5 Å². The second-order valence-corrected chi connectivity index (χ2v) is 5.67. The number of hydrogen-bond acceptors (Lipinski definition) is 4. The molecule has 0 unspecified atom stereocenters. The fourth-order valence-corrected chi connectivity index (χ4v) is 2.34. The molecule has 0 fully saturated rings. The van der Waals surface area contributed by atoms with Crippen LogP contribution in [0.4, 0.5) is 8.78 Å². The minimum atomic E-state index is -3.11. The zero-order chi connectivity index (χ0) is 19.8. The van der Waals surface area contributed by atoms with Gasteiger partial charge in [0.2, 0.25) is 0 Å². The lowest BCUT2D eigenvalue weighted by atomic mass is 10.1. The van der Waals surface area contributed by atoms with Crippen LogP contribution in [0.5, 0.6) is 11.5 Å². The highest BCUT2D eigenvalue weighted by Crippen LogP contribution is 2.32. The van der Waals surface area contributed by atoms with Gasteiger partial charge in [0.1, 0.15) is 0 Å². The van der Waals surface area contributed by atoms with Gasteiger partial charge in [-0.15, -0.1) is 0 Å². The largest absolute Gasteiger partial charge is 0.493 e. The highest BCUT2D eigenvalue weighted by molar-refractivity contribution is 6.30. The lowest BCUT2D eigenvalue weighted by Gasteiger charge is -2.14. The van der Waals surface area contributed by atoms with Crippen LogP contribution in [0.2, 0.25) is 5.02 Å². The van der Waals surface area contributed by atoms with Crippen molar-refractivity contribution in [1.29, 1.82) is 0 Å². The molecule has 0 saturated carbocycles. The summed E-state index contributed by atoms with van der Waals surface area (Å²) < 4.78 is 34.5. The predicted molar refractivity (Wildman–Crippen MR) is 95.7 cm³/mol. The number of benzene rings is 2.